The Morgan fingerprint density at radius 1 is 1.03 bits per heavy atom. The number of benzene rings is 2. The molecule has 1 atom stereocenters. The van der Waals surface area contributed by atoms with E-state index in [9.17, 15) is 18.4 Å². The molecule has 11 heteroatoms. The van der Waals surface area contributed by atoms with Gasteiger partial charge in [0.05, 0.1) is 11.4 Å². The van der Waals surface area contributed by atoms with Crippen molar-refractivity contribution in [3.05, 3.63) is 59.9 Å². The summed E-state index contributed by atoms with van der Waals surface area (Å²) in [6, 6.07) is 8.73. The van der Waals surface area contributed by atoms with Gasteiger partial charge in [0.15, 0.2) is 5.82 Å². The quantitative estimate of drug-likeness (QED) is 0.583. The molecule has 35 heavy (non-hydrogen) atoms. The van der Waals surface area contributed by atoms with E-state index in [1.165, 1.54) is 41.4 Å². The summed E-state index contributed by atoms with van der Waals surface area (Å²) in [5.74, 6) is -0.930. The second kappa shape index (κ2) is 9.24. The van der Waals surface area contributed by atoms with Gasteiger partial charge in [0, 0.05) is 24.9 Å². The molecule has 0 radical (unpaired) electrons. The van der Waals surface area contributed by atoms with E-state index in [0.717, 1.165) is 38.1 Å². The molecule has 2 aliphatic rings. The van der Waals surface area contributed by atoms with E-state index in [0.29, 0.717) is 17.1 Å². The minimum atomic E-state index is -0.927. The summed E-state index contributed by atoms with van der Waals surface area (Å²) < 4.78 is 30.0. The van der Waals surface area contributed by atoms with Crippen LogP contribution >= 0.6 is 0 Å². The van der Waals surface area contributed by atoms with Gasteiger partial charge in [-0.15, -0.1) is 10.2 Å². The van der Waals surface area contributed by atoms with Crippen LogP contribution in [0.2, 0.25) is 0 Å². The Morgan fingerprint density at radius 2 is 1.83 bits per heavy atom. The van der Waals surface area contributed by atoms with Crippen molar-refractivity contribution in [3.8, 4) is 11.4 Å². The molecule has 0 bridgehead atoms. The Bertz CT molecular complexity index is 1320. The van der Waals surface area contributed by atoms with Crippen molar-refractivity contribution in [1.82, 2.24) is 14.8 Å². The molecule has 0 fully saturated rings. The lowest BCUT2D eigenvalue weighted by Gasteiger charge is -2.20. The fourth-order valence-corrected chi connectivity index (χ4v) is 4.35. The van der Waals surface area contributed by atoms with Crippen LogP contribution < -0.4 is 16.1 Å². The summed E-state index contributed by atoms with van der Waals surface area (Å²) >= 11 is 0. The summed E-state index contributed by atoms with van der Waals surface area (Å²) in [5, 5.41) is 16.6. The van der Waals surface area contributed by atoms with E-state index in [4.69, 9.17) is 5.73 Å². The van der Waals surface area contributed by atoms with E-state index >= 15 is 0 Å². The molecule has 1 unspecified atom stereocenters. The second-order valence-corrected chi connectivity index (χ2v) is 8.54. The third-order valence-corrected chi connectivity index (χ3v) is 6.17. The molecule has 0 aliphatic carbocycles. The van der Waals surface area contributed by atoms with Crippen molar-refractivity contribution in [1.29, 1.82) is 0 Å². The van der Waals surface area contributed by atoms with Gasteiger partial charge in [-0.2, -0.15) is 5.10 Å². The molecule has 3 aromatic rings. The van der Waals surface area contributed by atoms with E-state index < -0.39 is 29.5 Å². The topological polar surface area (TPSA) is 118 Å². The van der Waals surface area contributed by atoms with Crippen molar-refractivity contribution in [2.75, 3.05) is 10.3 Å². The lowest BCUT2D eigenvalue weighted by Crippen LogP contribution is -2.39. The Hall–Kier alpha value is -4.15. The Labute approximate surface area is 199 Å². The molecule has 2 aromatic carbocycles. The molecule has 0 saturated carbocycles. The number of rotatable bonds is 5. The second-order valence-electron chi connectivity index (χ2n) is 8.54. The number of carbonyl (C=O) groups excluding carboxylic acids is 2. The maximum absolute atomic E-state index is 14.6. The summed E-state index contributed by atoms with van der Waals surface area (Å²) in [4.78, 5) is 24.9. The average molecular weight is 479 g/mol. The number of aromatic nitrogens is 3. The SMILES string of the molecule is NC(=O)C1CC(C(=O)Nc2cc(-c3nnc4n3CCCCC4)ccc2F)=NN1c1ccc(F)cc1. The largest absolute Gasteiger partial charge is 0.368 e. The molecule has 9 nitrogen and oxygen atoms in total. The molecular formula is C24H23F2N7O2. The van der Waals surface area contributed by atoms with Gasteiger partial charge in [-0.25, -0.2) is 8.78 Å². The van der Waals surface area contributed by atoms with Gasteiger partial charge in [0.1, 0.15) is 29.2 Å². The van der Waals surface area contributed by atoms with Crippen molar-refractivity contribution in [2.45, 2.75) is 44.7 Å². The number of hydrogen-bond donors (Lipinski definition) is 2. The Morgan fingerprint density at radius 3 is 2.60 bits per heavy atom. The van der Waals surface area contributed by atoms with Crippen LogP contribution in [0.15, 0.2) is 47.6 Å². The van der Waals surface area contributed by atoms with Crippen molar-refractivity contribution >= 4 is 28.9 Å². The fraction of sp³-hybridized carbons (Fsp3) is 0.292. The molecule has 5 rings (SSSR count). The predicted molar refractivity (Wildman–Crippen MR) is 126 cm³/mol. The smallest absolute Gasteiger partial charge is 0.272 e. The first kappa shape index (κ1) is 22.6. The number of fused-ring (bicyclic) bond motifs is 1. The zero-order valence-electron chi connectivity index (χ0n) is 18.7. The highest BCUT2D eigenvalue weighted by molar-refractivity contribution is 6.44. The first-order valence-corrected chi connectivity index (χ1v) is 11.4. The highest BCUT2D eigenvalue weighted by atomic mass is 19.1. The number of anilines is 2. The fourth-order valence-electron chi connectivity index (χ4n) is 4.35. The van der Waals surface area contributed by atoms with Crippen LogP contribution in [0.5, 0.6) is 0 Å². The van der Waals surface area contributed by atoms with Gasteiger partial charge in [-0.05, 0) is 55.3 Å². The zero-order chi connectivity index (χ0) is 24.5. The molecule has 3 heterocycles. The van der Waals surface area contributed by atoms with Gasteiger partial charge in [-0.3, -0.25) is 14.6 Å². The number of hydrazone groups is 1. The van der Waals surface area contributed by atoms with Gasteiger partial charge in [0.2, 0.25) is 5.91 Å². The lowest BCUT2D eigenvalue weighted by molar-refractivity contribution is -0.119. The van der Waals surface area contributed by atoms with Gasteiger partial charge in [0.25, 0.3) is 5.91 Å². The Balaban J connectivity index is 1.40. The molecule has 0 spiro atoms. The number of amides is 2. The van der Waals surface area contributed by atoms with Crippen molar-refractivity contribution in [2.24, 2.45) is 10.8 Å². The van der Waals surface area contributed by atoms with Crippen LogP contribution in [-0.4, -0.2) is 38.3 Å². The molecule has 3 N–H and O–H groups in total. The van der Waals surface area contributed by atoms with E-state index in [1.807, 2.05) is 4.57 Å². The van der Waals surface area contributed by atoms with Crippen LogP contribution in [0.4, 0.5) is 20.2 Å². The van der Waals surface area contributed by atoms with Crippen LogP contribution in [0.25, 0.3) is 11.4 Å². The molecular weight excluding hydrogens is 456 g/mol. The third kappa shape index (κ3) is 4.48. The first-order valence-electron chi connectivity index (χ1n) is 11.4. The predicted octanol–water partition coefficient (Wildman–Crippen LogP) is 3.01. The summed E-state index contributed by atoms with van der Waals surface area (Å²) in [5.41, 5.74) is 6.48. The normalized spacial score (nSPS) is 17.5. The average Bonchev–Trinajstić information content (AvgIpc) is 3.39. The van der Waals surface area contributed by atoms with E-state index in [-0.39, 0.29) is 17.8 Å². The third-order valence-electron chi connectivity index (χ3n) is 6.17. The van der Waals surface area contributed by atoms with Crippen molar-refractivity contribution < 1.29 is 18.4 Å². The number of nitrogens with zero attached hydrogens (tertiary/aromatic N) is 5. The van der Waals surface area contributed by atoms with Gasteiger partial charge < -0.3 is 15.6 Å². The number of hydrogen-bond acceptors (Lipinski definition) is 6. The summed E-state index contributed by atoms with van der Waals surface area (Å²) in [6.07, 6.45) is 3.93. The molecule has 2 amide bonds. The number of aryl methyl sites for hydroxylation is 1. The number of primary amides is 1. The minimum absolute atomic E-state index is 0.000673. The van der Waals surface area contributed by atoms with Crippen molar-refractivity contribution in [3.63, 3.8) is 0 Å². The maximum atomic E-state index is 14.6. The molecule has 0 saturated heterocycles. The van der Waals surface area contributed by atoms with Crippen LogP contribution in [0, 0.1) is 11.6 Å². The number of carbonyl (C=O) groups is 2. The van der Waals surface area contributed by atoms with Crippen LogP contribution in [0.1, 0.15) is 31.5 Å². The summed E-state index contributed by atoms with van der Waals surface area (Å²) in [6.45, 7) is 0.779. The minimum Gasteiger partial charge on any atom is -0.368 e. The highest BCUT2D eigenvalue weighted by Crippen LogP contribution is 2.28. The highest BCUT2D eigenvalue weighted by Gasteiger charge is 2.35. The molecule has 2 aliphatic heterocycles. The first-order chi connectivity index (χ1) is 16.9. The van der Waals surface area contributed by atoms with Gasteiger partial charge >= 0.3 is 0 Å². The monoisotopic (exact) mass is 479 g/mol. The zero-order valence-corrected chi connectivity index (χ0v) is 18.7. The standard InChI is InChI=1S/C24H23F2N7O2/c25-15-6-8-16(9-7-15)33-20(22(27)34)13-19(31-33)24(35)28-18-12-14(5-10-17(18)26)23-30-29-21-4-2-1-3-11-32(21)23/h5-10,12,20H,1-4,11,13H2,(H2,27,34)(H,28,35). The van der Waals surface area contributed by atoms with Crippen LogP contribution in [-0.2, 0) is 22.6 Å². The maximum Gasteiger partial charge on any atom is 0.272 e. The molecule has 1 aromatic heterocycles. The number of halogens is 2. The van der Waals surface area contributed by atoms with Crippen LogP contribution in [0.3, 0.4) is 0 Å². The Kier molecular flexibility index (Phi) is 5.98. The van der Waals surface area contributed by atoms with Gasteiger partial charge in [-0.1, -0.05) is 6.42 Å². The van der Waals surface area contributed by atoms with E-state index in [1.54, 1.807) is 6.07 Å². The lowest BCUT2D eigenvalue weighted by atomic mass is 10.1. The molecule has 180 valence electrons. The summed E-state index contributed by atoms with van der Waals surface area (Å²) in [7, 11) is 0. The number of nitrogens with one attached hydrogen (secondary N) is 1. The van der Waals surface area contributed by atoms with E-state index in [2.05, 4.69) is 20.6 Å². The number of nitrogens with two attached hydrogens (primary N) is 1.